The Balaban J connectivity index is 1.32. The second-order valence-corrected chi connectivity index (χ2v) is 8.61. The van der Waals surface area contributed by atoms with Crippen LogP contribution >= 0.6 is 23.1 Å². The minimum absolute atomic E-state index is 0.269. The highest BCUT2D eigenvalue weighted by Crippen LogP contribution is 2.42. The molecule has 1 fully saturated rings. The fourth-order valence-corrected chi connectivity index (χ4v) is 4.81. The molecule has 0 aliphatic heterocycles. The van der Waals surface area contributed by atoms with Crippen LogP contribution in [0.4, 0.5) is 15.2 Å². The SMILES string of the molecule is Fc1ccccc1-c1nnc(SCc2csc(Nc3ccccc3)n2)n1C1CC1. The maximum Gasteiger partial charge on any atom is 0.192 e. The van der Waals surface area contributed by atoms with Crippen molar-refractivity contribution in [1.29, 1.82) is 0 Å². The van der Waals surface area contributed by atoms with Crippen molar-refractivity contribution >= 4 is 33.9 Å². The molecule has 0 unspecified atom stereocenters. The molecule has 5 nitrogen and oxygen atoms in total. The minimum atomic E-state index is -0.269. The number of thiazole rings is 1. The van der Waals surface area contributed by atoms with Crippen molar-refractivity contribution in [2.24, 2.45) is 0 Å². The molecule has 146 valence electrons. The maximum absolute atomic E-state index is 14.3. The van der Waals surface area contributed by atoms with Gasteiger partial charge in [0, 0.05) is 22.9 Å². The number of hydrogen-bond donors (Lipinski definition) is 1. The molecule has 2 heterocycles. The topological polar surface area (TPSA) is 55.6 Å². The van der Waals surface area contributed by atoms with Gasteiger partial charge in [0.05, 0.1) is 11.3 Å². The van der Waals surface area contributed by atoms with E-state index in [9.17, 15) is 4.39 Å². The fraction of sp³-hybridized carbons (Fsp3) is 0.190. The van der Waals surface area contributed by atoms with Gasteiger partial charge in [0.2, 0.25) is 0 Å². The van der Waals surface area contributed by atoms with Crippen LogP contribution in [-0.2, 0) is 5.75 Å². The molecule has 1 saturated carbocycles. The van der Waals surface area contributed by atoms with Gasteiger partial charge in [-0.1, -0.05) is 42.1 Å². The lowest BCUT2D eigenvalue weighted by Crippen LogP contribution is -2.01. The normalized spacial score (nSPS) is 13.6. The molecular formula is C21H18FN5S2. The van der Waals surface area contributed by atoms with Crippen LogP contribution < -0.4 is 5.32 Å². The number of aromatic nitrogens is 4. The summed E-state index contributed by atoms with van der Waals surface area (Å²) in [5.74, 6) is 1.03. The smallest absolute Gasteiger partial charge is 0.192 e. The summed E-state index contributed by atoms with van der Waals surface area (Å²) >= 11 is 3.17. The molecule has 0 atom stereocenters. The first-order chi connectivity index (χ1) is 14.3. The maximum atomic E-state index is 14.3. The first kappa shape index (κ1) is 18.3. The van der Waals surface area contributed by atoms with Crippen LogP contribution in [0.3, 0.4) is 0 Å². The van der Waals surface area contributed by atoms with Crippen molar-refractivity contribution in [2.45, 2.75) is 29.8 Å². The van der Waals surface area contributed by atoms with Crippen LogP contribution in [0.1, 0.15) is 24.6 Å². The summed E-state index contributed by atoms with van der Waals surface area (Å²) in [4.78, 5) is 4.66. The van der Waals surface area contributed by atoms with Crippen molar-refractivity contribution in [3.05, 3.63) is 71.5 Å². The van der Waals surface area contributed by atoms with Gasteiger partial charge < -0.3 is 5.32 Å². The Labute approximate surface area is 176 Å². The van der Waals surface area contributed by atoms with Crippen LogP contribution in [0.5, 0.6) is 0 Å². The molecule has 4 aromatic rings. The first-order valence-electron chi connectivity index (χ1n) is 9.37. The molecule has 8 heteroatoms. The van der Waals surface area contributed by atoms with Crippen molar-refractivity contribution in [1.82, 2.24) is 19.7 Å². The molecule has 2 aromatic heterocycles. The number of para-hydroxylation sites is 1. The fourth-order valence-electron chi connectivity index (χ4n) is 3.08. The number of hydrogen-bond acceptors (Lipinski definition) is 6. The number of nitrogens with zero attached hydrogens (tertiary/aromatic N) is 4. The Bertz CT molecular complexity index is 1120. The monoisotopic (exact) mass is 423 g/mol. The lowest BCUT2D eigenvalue weighted by atomic mass is 10.2. The molecule has 0 bridgehead atoms. The Morgan fingerprint density at radius 2 is 1.86 bits per heavy atom. The number of anilines is 2. The second kappa shape index (κ2) is 7.96. The van der Waals surface area contributed by atoms with Gasteiger partial charge >= 0.3 is 0 Å². The van der Waals surface area contributed by atoms with E-state index in [1.807, 2.05) is 41.8 Å². The quantitative estimate of drug-likeness (QED) is 0.374. The summed E-state index contributed by atoms with van der Waals surface area (Å²) in [6, 6.07) is 17.1. The third-order valence-electron chi connectivity index (χ3n) is 4.62. The molecule has 1 N–H and O–H groups in total. The van der Waals surface area contributed by atoms with Crippen molar-refractivity contribution in [3.63, 3.8) is 0 Å². The highest BCUT2D eigenvalue weighted by Gasteiger charge is 2.31. The number of thioether (sulfide) groups is 1. The molecule has 1 aliphatic carbocycles. The number of rotatable bonds is 7. The van der Waals surface area contributed by atoms with Gasteiger partial charge in [-0.2, -0.15) is 0 Å². The summed E-state index contributed by atoms with van der Waals surface area (Å²) in [6.45, 7) is 0. The van der Waals surface area contributed by atoms with Gasteiger partial charge in [-0.15, -0.1) is 21.5 Å². The molecule has 0 spiro atoms. The molecule has 1 aliphatic rings. The Morgan fingerprint density at radius 1 is 1.07 bits per heavy atom. The van der Waals surface area contributed by atoms with Crippen molar-refractivity contribution < 1.29 is 4.39 Å². The van der Waals surface area contributed by atoms with Crippen LogP contribution in [-0.4, -0.2) is 19.7 Å². The molecule has 0 radical (unpaired) electrons. The zero-order chi connectivity index (χ0) is 19.6. The van der Waals surface area contributed by atoms with E-state index in [1.54, 1.807) is 35.2 Å². The largest absolute Gasteiger partial charge is 0.332 e. The second-order valence-electron chi connectivity index (χ2n) is 6.81. The number of halogens is 1. The summed E-state index contributed by atoms with van der Waals surface area (Å²) in [7, 11) is 0. The average molecular weight is 424 g/mol. The first-order valence-corrected chi connectivity index (χ1v) is 11.2. The Kier molecular flexibility index (Phi) is 5.03. The van der Waals surface area contributed by atoms with E-state index in [1.165, 1.54) is 6.07 Å². The van der Waals surface area contributed by atoms with Crippen LogP contribution in [0.25, 0.3) is 11.4 Å². The van der Waals surface area contributed by atoms with Crippen molar-refractivity contribution in [2.75, 3.05) is 5.32 Å². The number of benzene rings is 2. The Hall–Kier alpha value is -2.71. The molecule has 0 saturated heterocycles. The average Bonchev–Trinajstić information content (AvgIpc) is 3.34. The summed E-state index contributed by atoms with van der Waals surface area (Å²) in [5.41, 5.74) is 2.50. The van der Waals surface area contributed by atoms with Crippen LogP contribution in [0.2, 0.25) is 0 Å². The van der Waals surface area contributed by atoms with E-state index < -0.39 is 0 Å². The number of nitrogens with one attached hydrogen (secondary N) is 1. The third-order valence-corrected chi connectivity index (χ3v) is 6.40. The van der Waals surface area contributed by atoms with Gasteiger partial charge in [0.25, 0.3) is 0 Å². The lowest BCUT2D eigenvalue weighted by Gasteiger charge is -2.09. The predicted molar refractivity (Wildman–Crippen MR) is 115 cm³/mol. The lowest BCUT2D eigenvalue weighted by molar-refractivity contribution is 0.622. The predicted octanol–water partition coefficient (Wildman–Crippen LogP) is 5.91. The molecular weight excluding hydrogens is 405 g/mol. The summed E-state index contributed by atoms with van der Waals surface area (Å²) in [6.07, 6.45) is 2.16. The van der Waals surface area contributed by atoms with Crippen LogP contribution in [0, 0.1) is 5.82 Å². The minimum Gasteiger partial charge on any atom is -0.332 e. The molecule has 29 heavy (non-hydrogen) atoms. The van der Waals surface area contributed by atoms with Gasteiger partial charge in [-0.3, -0.25) is 4.57 Å². The van der Waals surface area contributed by atoms with Crippen LogP contribution in [0.15, 0.2) is 65.1 Å². The highest BCUT2D eigenvalue weighted by molar-refractivity contribution is 7.98. The zero-order valence-electron chi connectivity index (χ0n) is 15.5. The highest BCUT2D eigenvalue weighted by atomic mass is 32.2. The van der Waals surface area contributed by atoms with Crippen molar-refractivity contribution in [3.8, 4) is 11.4 Å². The standard InChI is InChI=1S/C21H18FN5S2/c22-18-9-5-4-8-17(18)19-25-26-21(27(19)16-10-11-16)29-13-15-12-28-20(24-15)23-14-6-2-1-3-7-14/h1-9,12,16H,10-11,13H2,(H,23,24). The molecule has 0 amide bonds. The van der Waals surface area contributed by atoms with E-state index in [0.29, 0.717) is 23.2 Å². The third kappa shape index (κ3) is 4.04. The Morgan fingerprint density at radius 3 is 2.66 bits per heavy atom. The zero-order valence-corrected chi connectivity index (χ0v) is 17.1. The van der Waals surface area contributed by atoms with E-state index in [2.05, 4.69) is 25.1 Å². The molecule has 5 rings (SSSR count). The van der Waals surface area contributed by atoms with E-state index in [0.717, 1.165) is 34.5 Å². The van der Waals surface area contributed by atoms with Gasteiger partial charge in [-0.05, 0) is 37.1 Å². The molecule has 2 aromatic carbocycles. The van der Waals surface area contributed by atoms with Gasteiger partial charge in [0.1, 0.15) is 5.82 Å². The van der Waals surface area contributed by atoms with E-state index in [-0.39, 0.29) is 5.82 Å². The van der Waals surface area contributed by atoms with E-state index >= 15 is 0 Å². The van der Waals surface area contributed by atoms with Gasteiger partial charge in [0.15, 0.2) is 16.1 Å². The van der Waals surface area contributed by atoms with E-state index in [4.69, 9.17) is 0 Å². The van der Waals surface area contributed by atoms with Gasteiger partial charge in [-0.25, -0.2) is 9.37 Å². The summed E-state index contributed by atoms with van der Waals surface area (Å²) < 4.78 is 16.4. The summed E-state index contributed by atoms with van der Waals surface area (Å²) in [5, 5.41) is 15.7.